The van der Waals surface area contributed by atoms with Crippen LogP contribution >= 0.6 is 0 Å². The van der Waals surface area contributed by atoms with E-state index in [9.17, 15) is 24.6 Å². The quantitative estimate of drug-likeness (QED) is 0.0616. The summed E-state index contributed by atoms with van der Waals surface area (Å²) in [5.41, 5.74) is 0. The number of ether oxygens (including phenoxy) is 3. The van der Waals surface area contributed by atoms with Crippen LogP contribution in [0.1, 0.15) is 90.4 Å². The lowest BCUT2D eigenvalue weighted by Gasteiger charge is -2.18. The lowest BCUT2D eigenvalue weighted by atomic mass is 10.1. The van der Waals surface area contributed by atoms with Crippen molar-refractivity contribution in [1.82, 2.24) is 0 Å². The first-order chi connectivity index (χ1) is 18.3. The van der Waals surface area contributed by atoms with Crippen LogP contribution in [0.5, 0.6) is 0 Å². The molecule has 220 valence electrons. The van der Waals surface area contributed by atoms with Crippen LogP contribution in [0.4, 0.5) is 0 Å². The van der Waals surface area contributed by atoms with Crippen molar-refractivity contribution in [3.05, 3.63) is 24.3 Å². The number of aliphatic hydroxyl groups excluding tert-OH is 4. The zero-order chi connectivity index (χ0) is 28.4. The molecule has 10 nitrogen and oxygen atoms in total. The van der Waals surface area contributed by atoms with E-state index in [2.05, 4.69) is 31.2 Å². The van der Waals surface area contributed by atoms with Gasteiger partial charge in [-0.2, -0.15) is 0 Å². The maximum atomic E-state index is 12.2. The zero-order valence-electron chi connectivity index (χ0n) is 22.8. The molecule has 0 rings (SSSR count). The topological polar surface area (TPSA) is 160 Å². The molecule has 10 heteroatoms. The van der Waals surface area contributed by atoms with Crippen molar-refractivity contribution < 1.29 is 49.0 Å². The van der Waals surface area contributed by atoms with E-state index in [-0.39, 0.29) is 6.42 Å². The molecule has 0 aromatic heterocycles. The third-order valence-electron chi connectivity index (χ3n) is 5.50. The van der Waals surface area contributed by atoms with Gasteiger partial charge in [0.05, 0.1) is 19.6 Å². The molecule has 38 heavy (non-hydrogen) atoms. The van der Waals surface area contributed by atoms with Gasteiger partial charge in [0.25, 0.3) is 0 Å². The van der Waals surface area contributed by atoms with Crippen LogP contribution in [0, 0.1) is 0 Å². The number of carbonyl (C=O) groups excluding carboxylic acids is 3. The van der Waals surface area contributed by atoms with E-state index in [1.807, 2.05) is 0 Å². The van der Waals surface area contributed by atoms with Crippen LogP contribution in [0.2, 0.25) is 0 Å². The molecule has 0 saturated carbocycles. The molecule has 0 aliphatic carbocycles. The van der Waals surface area contributed by atoms with E-state index in [0.717, 1.165) is 44.9 Å². The van der Waals surface area contributed by atoms with Gasteiger partial charge in [-0.15, -0.1) is 0 Å². The molecule has 0 fully saturated rings. The van der Waals surface area contributed by atoms with Crippen LogP contribution < -0.4 is 0 Å². The van der Waals surface area contributed by atoms with Crippen molar-refractivity contribution >= 4 is 17.9 Å². The van der Waals surface area contributed by atoms with Crippen molar-refractivity contribution in [3.8, 4) is 0 Å². The normalized spacial score (nSPS) is 13.9. The summed E-state index contributed by atoms with van der Waals surface area (Å²) in [6.07, 6.45) is 15.4. The van der Waals surface area contributed by atoms with Gasteiger partial charge in [-0.3, -0.25) is 9.59 Å². The Labute approximate surface area is 226 Å². The van der Waals surface area contributed by atoms with Crippen molar-refractivity contribution in [1.29, 1.82) is 0 Å². The molecule has 0 aromatic carbocycles. The predicted octanol–water partition coefficient (Wildman–Crippen LogP) is 2.89. The van der Waals surface area contributed by atoms with E-state index < -0.39 is 69.1 Å². The fourth-order valence-corrected chi connectivity index (χ4v) is 3.25. The third-order valence-corrected chi connectivity index (χ3v) is 5.50. The van der Waals surface area contributed by atoms with Gasteiger partial charge in [0.1, 0.15) is 25.4 Å². The summed E-state index contributed by atoms with van der Waals surface area (Å²) >= 11 is 0. The molecule has 4 N–H and O–H groups in total. The van der Waals surface area contributed by atoms with Gasteiger partial charge in [0.15, 0.2) is 0 Å². The first kappa shape index (κ1) is 35.7. The molecular weight excluding hydrogens is 496 g/mol. The van der Waals surface area contributed by atoms with E-state index in [4.69, 9.17) is 24.4 Å². The summed E-state index contributed by atoms with van der Waals surface area (Å²) in [5.74, 6) is -2.68. The Bertz CT molecular complexity index is 677. The molecule has 0 saturated heterocycles. The van der Waals surface area contributed by atoms with Gasteiger partial charge in [-0.1, -0.05) is 63.3 Å². The van der Waals surface area contributed by atoms with Gasteiger partial charge < -0.3 is 34.6 Å². The van der Waals surface area contributed by atoms with Gasteiger partial charge in [-0.25, -0.2) is 4.79 Å². The Morgan fingerprint density at radius 2 is 1.26 bits per heavy atom. The van der Waals surface area contributed by atoms with Crippen LogP contribution in [0.25, 0.3) is 0 Å². The Kier molecular flexibility index (Phi) is 23.5. The minimum Gasteiger partial charge on any atom is -0.463 e. The number of hydrogen-bond donors (Lipinski definition) is 4. The second-order valence-electron chi connectivity index (χ2n) is 9.15. The fraction of sp³-hybridized carbons (Fsp3) is 0.750. The van der Waals surface area contributed by atoms with Crippen molar-refractivity contribution in [3.63, 3.8) is 0 Å². The highest BCUT2D eigenvalue weighted by atomic mass is 16.6. The predicted molar refractivity (Wildman–Crippen MR) is 142 cm³/mol. The molecule has 0 aliphatic heterocycles. The summed E-state index contributed by atoms with van der Waals surface area (Å²) < 4.78 is 14.7. The molecule has 3 unspecified atom stereocenters. The number of rotatable bonds is 24. The van der Waals surface area contributed by atoms with Crippen molar-refractivity contribution in [2.24, 2.45) is 0 Å². The zero-order valence-corrected chi connectivity index (χ0v) is 22.8. The van der Waals surface area contributed by atoms with E-state index >= 15 is 0 Å². The SMILES string of the molecule is CCCCC/C=C\C/C=C\CCCCCCCC(=O)OC(CC(=O)OCC(O)CO)C(=O)OCC(O)CO. The fourth-order valence-electron chi connectivity index (χ4n) is 3.25. The Balaban J connectivity index is 4.23. The molecule has 0 amide bonds. The standard InChI is InChI=1S/C28H48O10/c1-2-3-4-5-6-7-8-9-10-11-12-13-14-15-16-17-26(33)38-25(28(35)37-22-24(32)20-30)18-27(34)36-21-23(31)19-29/h6-7,9-10,23-25,29-32H,2-5,8,11-22H2,1H3/b7-6-,10-9-. The first-order valence-electron chi connectivity index (χ1n) is 13.7. The molecule has 3 atom stereocenters. The molecule has 0 heterocycles. The average Bonchev–Trinajstić information content (AvgIpc) is 2.91. The minimum absolute atomic E-state index is 0.0613. The Hall–Kier alpha value is -2.27. The maximum absolute atomic E-state index is 12.2. The summed E-state index contributed by atoms with van der Waals surface area (Å²) in [5, 5.41) is 36.2. The van der Waals surface area contributed by atoms with E-state index in [1.165, 1.54) is 19.3 Å². The lowest BCUT2D eigenvalue weighted by Crippen LogP contribution is -2.35. The van der Waals surface area contributed by atoms with Crippen LogP contribution in [-0.2, 0) is 28.6 Å². The van der Waals surface area contributed by atoms with Crippen LogP contribution in [0.3, 0.4) is 0 Å². The highest BCUT2D eigenvalue weighted by Gasteiger charge is 2.29. The van der Waals surface area contributed by atoms with Gasteiger partial charge in [0.2, 0.25) is 6.10 Å². The van der Waals surface area contributed by atoms with Gasteiger partial charge >= 0.3 is 17.9 Å². The van der Waals surface area contributed by atoms with Crippen LogP contribution in [-0.4, -0.2) is 83.1 Å². The smallest absolute Gasteiger partial charge is 0.348 e. The highest BCUT2D eigenvalue weighted by molar-refractivity contribution is 5.84. The number of hydrogen-bond acceptors (Lipinski definition) is 10. The largest absolute Gasteiger partial charge is 0.463 e. The number of aliphatic hydroxyl groups is 4. The number of esters is 3. The van der Waals surface area contributed by atoms with E-state index in [0.29, 0.717) is 6.42 Å². The van der Waals surface area contributed by atoms with Gasteiger partial charge in [-0.05, 0) is 38.5 Å². The van der Waals surface area contributed by atoms with E-state index in [1.54, 1.807) is 0 Å². The Morgan fingerprint density at radius 3 is 1.87 bits per heavy atom. The molecule has 0 aromatic rings. The first-order valence-corrected chi connectivity index (χ1v) is 13.7. The maximum Gasteiger partial charge on any atom is 0.348 e. The highest BCUT2D eigenvalue weighted by Crippen LogP contribution is 2.11. The molecule has 0 bridgehead atoms. The van der Waals surface area contributed by atoms with Crippen molar-refractivity contribution in [2.75, 3.05) is 26.4 Å². The molecule has 0 aliphatic rings. The molecule has 0 spiro atoms. The second-order valence-corrected chi connectivity index (χ2v) is 9.15. The average molecular weight is 545 g/mol. The summed E-state index contributed by atoms with van der Waals surface area (Å²) in [7, 11) is 0. The van der Waals surface area contributed by atoms with Gasteiger partial charge in [0, 0.05) is 6.42 Å². The second kappa shape index (κ2) is 25.0. The number of unbranched alkanes of at least 4 members (excludes halogenated alkanes) is 8. The minimum atomic E-state index is -1.59. The third kappa shape index (κ3) is 21.8. The molecular formula is C28H48O10. The monoisotopic (exact) mass is 544 g/mol. The summed E-state index contributed by atoms with van der Waals surface area (Å²) in [4.78, 5) is 36.4. The summed E-state index contributed by atoms with van der Waals surface area (Å²) in [6, 6.07) is 0. The number of allylic oxidation sites excluding steroid dienone is 4. The molecule has 0 radical (unpaired) electrons. The Morgan fingerprint density at radius 1 is 0.711 bits per heavy atom. The summed E-state index contributed by atoms with van der Waals surface area (Å²) in [6.45, 7) is -0.0630. The van der Waals surface area contributed by atoms with Crippen LogP contribution in [0.15, 0.2) is 24.3 Å². The lowest BCUT2D eigenvalue weighted by molar-refractivity contribution is -0.174. The van der Waals surface area contributed by atoms with Crippen molar-refractivity contribution in [2.45, 2.75) is 109 Å². The number of carbonyl (C=O) groups is 3.